The maximum absolute atomic E-state index is 12.7. The van der Waals surface area contributed by atoms with Crippen LogP contribution in [0.4, 0.5) is 5.82 Å². The van der Waals surface area contributed by atoms with E-state index in [1.54, 1.807) is 18.4 Å². The highest BCUT2D eigenvalue weighted by Gasteiger charge is 2.51. The Labute approximate surface area is 313 Å². The Bertz CT molecular complexity index is 1800. The molecule has 0 aliphatic heterocycles. The van der Waals surface area contributed by atoms with Gasteiger partial charge in [-0.15, -0.1) is 11.3 Å². The van der Waals surface area contributed by atoms with Crippen molar-refractivity contribution in [3.8, 4) is 22.6 Å². The van der Waals surface area contributed by atoms with Gasteiger partial charge >= 0.3 is 5.97 Å². The van der Waals surface area contributed by atoms with Gasteiger partial charge in [-0.2, -0.15) is 0 Å². The summed E-state index contributed by atoms with van der Waals surface area (Å²) in [5.74, 6) is 5.50. The molecule has 2 aromatic heterocycles. The molecule has 52 heavy (non-hydrogen) atoms. The Balaban J connectivity index is 0.866. The minimum Gasteiger partial charge on any atom is -0.493 e. The van der Waals surface area contributed by atoms with Gasteiger partial charge in [0, 0.05) is 22.9 Å². The zero-order chi connectivity index (χ0) is 36.1. The second-order valence-electron chi connectivity index (χ2n) is 15.9. The van der Waals surface area contributed by atoms with Crippen molar-refractivity contribution in [2.45, 2.75) is 103 Å². The lowest BCUT2D eigenvalue weighted by Crippen LogP contribution is -2.47. The normalized spacial score (nSPS) is 22.4. The predicted octanol–water partition coefficient (Wildman–Crippen LogP) is 10.0. The van der Waals surface area contributed by atoms with E-state index in [-0.39, 0.29) is 17.4 Å². The molecule has 4 bridgehead atoms. The number of unbranched alkanes of at least 4 members (excludes halogenated alkanes) is 4. The molecule has 4 aromatic rings. The number of methoxy groups -OCH3 is 1. The maximum atomic E-state index is 12.7. The number of hydrogen-bond acceptors (Lipinski definition) is 9. The molecular formula is C43H56N4O4S. The minimum atomic E-state index is 0.0384. The third kappa shape index (κ3) is 8.57. The topological polar surface area (TPSA) is 94.6 Å². The molecule has 4 fully saturated rings. The van der Waals surface area contributed by atoms with Gasteiger partial charge in [0.25, 0.3) is 0 Å². The first-order valence-corrected chi connectivity index (χ1v) is 20.4. The zero-order valence-electron chi connectivity index (χ0n) is 31.5. The molecule has 4 aliphatic rings. The average Bonchev–Trinajstić information content (AvgIpc) is 3.61. The fraction of sp³-hybridized carbons (Fsp3) is 0.558. The molecule has 4 aliphatic carbocycles. The van der Waals surface area contributed by atoms with Gasteiger partial charge in [-0.05, 0) is 130 Å². The van der Waals surface area contributed by atoms with Crippen LogP contribution in [0.2, 0.25) is 0 Å². The van der Waals surface area contributed by atoms with Gasteiger partial charge in [0.15, 0.2) is 11.5 Å². The summed E-state index contributed by atoms with van der Waals surface area (Å²) in [6, 6.07) is 14.8. The second kappa shape index (κ2) is 16.5. The van der Waals surface area contributed by atoms with Crippen LogP contribution in [0.15, 0.2) is 47.8 Å². The van der Waals surface area contributed by atoms with Crippen LogP contribution < -0.4 is 20.1 Å². The van der Waals surface area contributed by atoms with E-state index in [9.17, 15) is 4.79 Å². The fourth-order valence-electron chi connectivity index (χ4n) is 9.75. The number of thiophene rings is 1. The summed E-state index contributed by atoms with van der Waals surface area (Å²) in [6.45, 7) is 6.07. The molecule has 2 N–H and O–H groups in total. The number of carbonyl (C=O) groups is 1. The molecule has 278 valence electrons. The van der Waals surface area contributed by atoms with Crippen molar-refractivity contribution < 1.29 is 19.0 Å². The Morgan fingerprint density at radius 3 is 2.38 bits per heavy atom. The van der Waals surface area contributed by atoms with E-state index in [1.165, 1.54) is 60.1 Å². The number of hydrogen-bond donors (Lipinski definition) is 2. The number of rotatable bonds is 18. The molecule has 0 radical (unpaired) electrons. The van der Waals surface area contributed by atoms with Crippen molar-refractivity contribution in [1.82, 2.24) is 15.3 Å². The summed E-state index contributed by atoms with van der Waals surface area (Å²) in [7, 11) is 3.65. The number of carbonyl (C=O) groups excluding carboxylic acids is 1. The molecule has 0 saturated heterocycles. The quantitative estimate of drug-likeness (QED) is 0.0774. The monoisotopic (exact) mass is 724 g/mol. The molecular weight excluding hydrogens is 669 g/mol. The van der Waals surface area contributed by atoms with E-state index < -0.39 is 0 Å². The zero-order valence-corrected chi connectivity index (χ0v) is 32.3. The molecule has 4 saturated carbocycles. The predicted molar refractivity (Wildman–Crippen MR) is 210 cm³/mol. The number of aromatic nitrogens is 2. The van der Waals surface area contributed by atoms with Gasteiger partial charge in [-0.1, -0.05) is 43.5 Å². The van der Waals surface area contributed by atoms with E-state index in [2.05, 4.69) is 53.3 Å². The van der Waals surface area contributed by atoms with E-state index >= 15 is 0 Å². The largest absolute Gasteiger partial charge is 0.493 e. The van der Waals surface area contributed by atoms with Crippen LogP contribution in [0.3, 0.4) is 0 Å². The number of anilines is 1. The van der Waals surface area contributed by atoms with E-state index in [0.717, 1.165) is 73.1 Å². The van der Waals surface area contributed by atoms with Crippen molar-refractivity contribution in [2.24, 2.45) is 23.2 Å². The summed E-state index contributed by atoms with van der Waals surface area (Å²) in [6.07, 6.45) is 13.8. The van der Waals surface area contributed by atoms with Crippen molar-refractivity contribution in [1.29, 1.82) is 0 Å². The lowest BCUT2D eigenvalue weighted by atomic mass is 9.49. The molecule has 0 unspecified atom stereocenters. The van der Waals surface area contributed by atoms with Gasteiger partial charge < -0.3 is 24.8 Å². The molecule has 8 rings (SSSR count). The Morgan fingerprint density at radius 2 is 1.65 bits per heavy atom. The molecule has 8 nitrogen and oxygen atoms in total. The number of nitrogens with one attached hydrogen (secondary N) is 2. The third-order valence-corrected chi connectivity index (χ3v) is 12.8. The minimum absolute atomic E-state index is 0.0384. The third-order valence-electron chi connectivity index (χ3n) is 11.7. The number of nitrogens with zero attached hydrogens (tertiary/aromatic N) is 2. The molecule has 0 amide bonds. The number of fused-ring (bicyclic) bond motifs is 1. The van der Waals surface area contributed by atoms with Crippen molar-refractivity contribution in [2.75, 3.05) is 32.7 Å². The van der Waals surface area contributed by atoms with E-state index in [0.29, 0.717) is 37.0 Å². The van der Waals surface area contributed by atoms with Gasteiger partial charge in [-0.3, -0.25) is 4.79 Å². The molecule has 1 atom stereocenters. The lowest BCUT2D eigenvalue weighted by molar-refractivity contribution is -0.152. The van der Waals surface area contributed by atoms with Gasteiger partial charge in [0.1, 0.15) is 11.6 Å². The molecule has 2 aromatic carbocycles. The van der Waals surface area contributed by atoms with Crippen LogP contribution >= 0.6 is 11.3 Å². The average molecular weight is 725 g/mol. The first kappa shape index (κ1) is 36.7. The lowest BCUT2D eigenvalue weighted by Gasteiger charge is -2.56. The smallest absolute Gasteiger partial charge is 0.306 e. The van der Waals surface area contributed by atoms with Crippen LogP contribution in [0.1, 0.15) is 106 Å². The summed E-state index contributed by atoms with van der Waals surface area (Å²) < 4.78 is 17.7. The van der Waals surface area contributed by atoms with Gasteiger partial charge in [0.05, 0.1) is 38.3 Å². The van der Waals surface area contributed by atoms with E-state index in [4.69, 9.17) is 24.2 Å². The highest BCUT2D eigenvalue weighted by Crippen LogP contribution is 2.61. The Kier molecular flexibility index (Phi) is 11.7. The first-order valence-electron chi connectivity index (χ1n) is 19.5. The number of ether oxygens (including phenoxy) is 3. The molecule has 9 heteroatoms. The summed E-state index contributed by atoms with van der Waals surface area (Å²) >= 11 is 1.76. The summed E-state index contributed by atoms with van der Waals surface area (Å²) in [5.41, 5.74) is 4.86. The van der Waals surface area contributed by atoms with Crippen molar-refractivity contribution >= 4 is 34.0 Å². The van der Waals surface area contributed by atoms with Crippen LogP contribution in [0, 0.1) is 30.1 Å². The van der Waals surface area contributed by atoms with Crippen molar-refractivity contribution in [3.05, 3.63) is 64.1 Å². The second-order valence-corrected chi connectivity index (χ2v) is 16.8. The SMILES string of the molecule is CNCc1ccccc1-c1csc([C@@H](C)Nc2nc(C)nc3cc(OCCCCCCCOC(=O)CC45CC6CC(CC(C6)C4)C5)c(OC)cc23)c1. The van der Waals surface area contributed by atoms with Gasteiger partial charge in [0.2, 0.25) is 0 Å². The first-order chi connectivity index (χ1) is 25.3. The number of benzene rings is 2. The maximum Gasteiger partial charge on any atom is 0.306 e. The van der Waals surface area contributed by atoms with Crippen molar-refractivity contribution in [3.63, 3.8) is 0 Å². The highest BCUT2D eigenvalue weighted by molar-refractivity contribution is 7.10. The Morgan fingerprint density at radius 1 is 0.942 bits per heavy atom. The van der Waals surface area contributed by atoms with Crippen LogP contribution in [-0.2, 0) is 16.1 Å². The fourth-order valence-corrected chi connectivity index (χ4v) is 10.7. The summed E-state index contributed by atoms with van der Waals surface area (Å²) in [4.78, 5) is 23.5. The summed E-state index contributed by atoms with van der Waals surface area (Å²) in [5, 5.41) is 10.1. The number of aryl methyl sites for hydroxylation is 1. The standard InChI is InChI=1S/C43H56N4O4S/c1-28(40-19-34(27-52-40)35-13-9-8-12-33(35)26-44-3)45-42-36-20-38(49-4)39(21-37(36)46-29(2)47-42)50-14-10-6-5-7-11-15-51-41(48)25-43-22-30-16-31(23-43)18-32(17-30)24-43/h8-9,12-13,19-21,27-28,30-32,44H,5-7,10-11,14-18,22-26H2,1-4H3,(H,45,46,47)/t28-,30?,31?,32?,43?/m1/s1. The molecule has 2 heterocycles. The van der Waals surface area contributed by atoms with Gasteiger partial charge in [-0.25, -0.2) is 9.97 Å². The van der Waals surface area contributed by atoms with Crippen LogP contribution in [0.25, 0.3) is 22.0 Å². The molecule has 0 spiro atoms. The van der Waals surface area contributed by atoms with E-state index in [1.807, 2.05) is 26.1 Å². The Hall–Kier alpha value is -3.69. The highest BCUT2D eigenvalue weighted by atomic mass is 32.1. The van der Waals surface area contributed by atoms with Crippen LogP contribution in [0.5, 0.6) is 11.5 Å². The van der Waals surface area contributed by atoms with Crippen LogP contribution in [-0.4, -0.2) is 43.3 Å². The number of esters is 1.